The first-order valence-electron chi connectivity index (χ1n) is 9.13. The number of hydrogen-bond donors (Lipinski definition) is 1. The molecule has 1 fully saturated rings. The average Bonchev–Trinajstić information content (AvgIpc) is 3.13. The van der Waals surface area contributed by atoms with Gasteiger partial charge in [0.15, 0.2) is 0 Å². The van der Waals surface area contributed by atoms with Gasteiger partial charge in [0.25, 0.3) is 5.91 Å². The van der Waals surface area contributed by atoms with Crippen LogP contribution in [0.25, 0.3) is 22.2 Å². The Morgan fingerprint density at radius 1 is 1.29 bits per heavy atom. The Labute approximate surface area is 161 Å². The van der Waals surface area contributed by atoms with Crippen LogP contribution in [0.1, 0.15) is 23.2 Å². The number of halogens is 1. The summed E-state index contributed by atoms with van der Waals surface area (Å²) in [6, 6.07) is 6.27. The smallest absolute Gasteiger partial charge is 0.256 e. The van der Waals surface area contributed by atoms with E-state index in [1.807, 2.05) is 0 Å². The van der Waals surface area contributed by atoms with Gasteiger partial charge in [-0.3, -0.25) is 9.89 Å². The molecule has 0 spiro atoms. The Bertz CT molecular complexity index is 1010. The zero-order valence-corrected chi connectivity index (χ0v) is 15.7. The summed E-state index contributed by atoms with van der Waals surface area (Å²) in [6.45, 7) is 1.32. The lowest BCUT2D eigenvalue weighted by Crippen LogP contribution is -2.26. The number of nitrogens with zero attached hydrogens (tertiary/aromatic N) is 3. The van der Waals surface area contributed by atoms with Crippen LogP contribution >= 0.6 is 0 Å². The summed E-state index contributed by atoms with van der Waals surface area (Å²) < 4.78 is 26.1. The monoisotopic (exact) mass is 384 g/mol. The van der Waals surface area contributed by atoms with Gasteiger partial charge in [0.05, 0.1) is 29.7 Å². The minimum Gasteiger partial charge on any atom is -0.474 e. The molecule has 0 saturated carbocycles. The molecular weight excluding hydrogens is 363 g/mol. The van der Waals surface area contributed by atoms with E-state index in [2.05, 4.69) is 15.2 Å². The summed E-state index contributed by atoms with van der Waals surface area (Å²) >= 11 is 0. The van der Waals surface area contributed by atoms with E-state index in [0.29, 0.717) is 35.7 Å². The summed E-state index contributed by atoms with van der Waals surface area (Å²) in [5.41, 5.74) is 1.85. The highest BCUT2D eigenvalue weighted by atomic mass is 19.1. The van der Waals surface area contributed by atoms with Crippen molar-refractivity contribution in [3.8, 4) is 17.1 Å². The van der Waals surface area contributed by atoms with Crippen LogP contribution in [0.4, 0.5) is 4.39 Å². The van der Waals surface area contributed by atoms with Crippen molar-refractivity contribution in [2.24, 2.45) is 0 Å². The van der Waals surface area contributed by atoms with Gasteiger partial charge < -0.3 is 14.4 Å². The lowest BCUT2D eigenvalue weighted by Gasteiger charge is -2.23. The average molecular weight is 384 g/mol. The summed E-state index contributed by atoms with van der Waals surface area (Å²) in [5, 5.41) is 7.98. The number of H-pyrrole nitrogens is 1. The van der Waals surface area contributed by atoms with Gasteiger partial charge in [0.2, 0.25) is 5.88 Å². The van der Waals surface area contributed by atoms with Gasteiger partial charge in [-0.15, -0.1) is 0 Å². The molecule has 7 nitrogen and oxygen atoms in total. The molecule has 1 N–H and O–H groups in total. The van der Waals surface area contributed by atoms with E-state index in [-0.39, 0.29) is 17.6 Å². The number of nitrogens with one attached hydrogen (secondary N) is 1. The first-order chi connectivity index (χ1) is 13.5. The van der Waals surface area contributed by atoms with E-state index in [1.165, 1.54) is 17.0 Å². The maximum absolute atomic E-state index is 14.6. The van der Waals surface area contributed by atoms with E-state index in [0.717, 1.165) is 18.4 Å². The fraction of sp³-hybridized carbons (Fsp3) is 0.350. The molecule has 1 aromatic carbocycles. The summed E-state index contributed by atoms with van der Waals surface area (Å²) in [7, 11) is 3.17. The van der Waals surface area contributed by atoms with Crippen molar-refractivity contribution in [1.82, 2.24) is 20.1 Å². The molecule has 0 atom stereocenters. The summed E-state index contributed by atoms with van der Waals surface area (Å²) in [5.74, 6) is -0.522. The second-order valence-corrected chi connectivity index (χ2v) is 6.93. The predicted molar refractivity (Wildman–Crippen MR) is 102 cm³/mol. The third-order valence-corrected chi connectivity index (χ3v) is 4.77. The lowest BCUT2D eigenvalue weighted by atomic mass is 10.1. The molecule has 0 aliphatic carbocycles. The first-order valence-corrected chi connectivity index (χ1v) is 9.13. The second kappa shape index (κ2) is 7.55. The molecule has 8 heteroatoms. The normalized spacial score (nSPS) is 15.0. The summed E-state index contributed by atoms with van der Waals surface area (Å²) in [6.07, 6.45) is 3.26. The second-order valence-electron chi connectivity index (χ2n) is 6.93. The van der Waals surface area contributed by atoms with Gasteiger partial charge in [-0.2, -0.15) is 5.10 Å². The zero-order chi connectivity index (χ0) is 19.7. The molecular formula is C20H21FN4O3. The molecule has 3 heterocycles. The number of pyridine rings is 1. The van der Waals surface area contributed by atoms with Gasteiger partial charge in [-0.05, 0) is 18.2 Å². The molecule has 28 heavy (non-hydrogen) atoms. The Kier molecular flexibility index (Phi) is 4.95. The molecule has 0 bridgehead atoms. The standard InChI is InChI=1S/C20H21FN4O3/c1-25(2)20(26)14-4-3-12(11-15(14)21)18-17-16(23-24-18)5-8-22-19(17)28-13-6-9-27-10-7-13/h3-5,8,11,13H,6-7,9-10H2,1-2H3,(H,23,24). The van der Waals surface area contributed by atoms with Gasteiger partial charge >= 0.3 is 0 Å². The number of benzene rings is 1. The molecule has 4 rings (SSSR count). The third kappa shape index (κ3) is 3.43. The van der Waals surface area contributed by atoms with Crippen LogP contribution in [0.3, 0.4) is 0 Å². The van der Waals surface area contributed by atoms with Crippen LogP contribution in [0.5, 0.6) is 5.88 Å². The van der Waals surface area contributed by atoms with E-state index < -0.39 is 5.82 Å². The number of fused-ring (bicyclic) bond motifs is 1. The van der Waals surface area contributed by atoms with E-state index in [1.54, 1.807) is 32.4 Å². The van der Waals surface area contributed by atoms with Gasteiger partial charge in [0, 0.05) is 38.7 Å². The molecule has 0 radical (unpaired) electrons. The topological polar surface area (TPSA) is 80.3 Å². The summed E-state index contributed by atoms with van der Waals surface area (Å²) in [4.78, 5) is 17.8. The lowest BCUT2D eigenvalue weighted by molar-refractivity contribution is 0.0244. The fourth-order valence-corrected chi connectivity index (χ4v) is 3.26. The molecule has 3 aromatic rings. The van der Waals surface area contributed by atoms with Crippen LogP contribution in [-0.4, -0.2) is 59.4 Å². The Morgan fingerprint density at radius 3 is 2.79 bits per heavy atom. The van der Waals surface area contributed by atoms with E-state index >= 15 is 0 Å². The SMILES string of the molecule is CN(C)C(=O)c1ccc(-c2n[nH]c3ccnc(OC4CCOCC4)c23)cc1F. The third-order valence-electron chi connectivity index (χ3n) is 4.77. The maximum atomic E-state index is 14.6. The number of hydrogen-bond acceptors (Lipinski definition) is 5. The van der Waals surface area contributed by atoms with E-state index in [4.69, 9.17) is 9.47 Å². The van der Waals surface area contributed by atoms with Gasteiger partial charge in [-0.25, -0.2) is 9.37 Å². The quantitative estimate of drug-likeness (QED) is 0.748. The van der Waals surface area contributed by atoms with Crippen LogP contribution in [0.15, 0.2) is 30.5 Å². The van der Waals surface area contributed by atoms with Crippen molar-refractivity contribution >= 4 is 16.8 Å². The van der Waals surface area contributed by atoms with Crippen molar-refractivity contribution < 1.29 is 18.7 Å². The molecule has 1 amide bonds. The zero-order valence-electron chi connectivity index (χ0n) is 15.7. The molecule has 1 aliphatic rings. The Morgan fingerprint density at radius 2 is 2.07 bits per heavy atom. The predicted octanol–water partition coefficient (Wildman–Crippen LogP) is 3.02. The maximum Gasteiger partial charge on any atom is 0.256 e. The number of carbonyl (C=O) groups is 1. The fourth-order valence-electron chi connectivity index (χ4n) is 3.26. The highest BCUT2D eigenvalue weighted by molar-refractivity contribution is 5.98. The molecule has 0 unspecified atom stereocenters. The molecule has 2 aromatic heterocycles. The number of aromatic nitrogens is 3. The number of carbonyl (C=O) groups excluding carboxylic acids is 1. The van der Waals surface area contributed by atoms with Crippen LogP contribution < -0.4 is 4.74 Å². The molecule has 146 valence electrons. The minimum absolute atomic E-state index is 0.0189. The van der Waals surface area contributed by atoms with E-state index in [9.17, 15) is 9.18 Å². The minimum atomic E-state index is -0.594. The van der Waals surface area contributed by atoms with Crippen LogP contribution in [0, 0.1) is 5.82 Å². The number of aromatic amines is 1. The van der Waals surface area contributed by atoms with Crippen molar-refractivity contribution in [1.29, 1.82) is 0 Å². The van der Waals surface area contributed by atoms with Crippen LogP contribution in [-0.2, 0) is 4.74 Å². The highest BCUT2D eigenvalue weighted by Gasteiger charge is 2.21. The van der Waals surface area contributed by atoms with Crippen molar-refractivity contribution in [3.63, 3.8) is 0 Å². The van der Waals surface area contributed by atoms with Crippen LogP contribution in [0.2, 0.25) is 0 Å². The van der Waals surface area contributed by atoms with Crippen molar-refractivity contribution in [2.75, 3.05) is 27.3 Å². The molecule has 1 aliphatic heterocycles. The molecule has 1 saturated heterocycles. The first kappa shape index (κ1) is 18.4. The number of ether oxygens (including phenoxy) is 2. The Hall–Kier alpha value is -3.00. The van der Waals surface area contributed by atoms with Gasteiger partial charge in [0.1, 0.15) is 17.6 Å². The highest BCUT2D eigenvalue weighted by Crippen LogP contribution is 2.34. The van der Waals surface area contributed by atoms with Gasteiger partial charge in [-0.1, -0.05) is 6.07 Å². The number of amides is 1. The van der Waals surface area contributed by atoms with Crippen molar-refractivity contribution in [2.45, 2.75) is 18.9 Å². The Balaban J connectivity index is 1.73. The largest absolute Gasteiger partial charge is 0.474 e. The number of rotatable bonds is 4. The van der Waals surface area contributed by atoms with Crippen molar-refractivity contribution in [3.05, 3.63) is 41.8 Å².